The van der Waals surface area contributed by atoms with Gasteiger partial charge in [-0.1, -0.05) is 13.8 Å². The predicted molar refractivity (Wildman–Crippen MR) is 73.5 cm³/mol. The quantitative estimate of drug-likeness (QED) is 0.701. The highest BCUT2D eigenvalue weighted by atomic mass is 16.5. The number of amides is 2. The number of carbonyl (C=O) groups excluding carboxylic acids is 1. The Bertz CT molecular complexity index is 376. The van der Waals surface area contributed by atoms with Gasteiger partial charge in [-0.3, -0.25) is 0 Å². The number of rotatable bonds is 5. The van der Waals surface area contributed by atoms with E-state index in [0.29, 0.717) is 23.9 Å². The van der Waals surface area contributed by atoms with E-state index in [9.17, 15) is 4.79 Å². The van der Waals surface area contributed by atoms with Crippen LogP contribution < -0.4 is 16.4 Å². The van der Waals surface area contributed by atoms with Gasteiger partial charge in [0.2, 0.25) is 0 Å². The molecule has 0 heterocycles. The Kier molecular flexibility index (Phi) is 5.45. The Morgan fingerprint density at radius 1 is 1.33 bits per heavy atom. The first kappa shape index (κ1) is 14.3. The van der Waals surface area contributed by atoms with E-state index in [4.69, 9.17) is 10.5 Å². The third kappa shape index (κ3) is 4.63. The van der Waals surface area contributed by atoms with E-state index < -0.39 is 0 Å². The summed E-state index contributed by atoms with van der Waals surface area (Å²) < 4.78 is 5.07. The lowest BCUT2D eigenvalue weighted by Gasteiger charge is -2.21. The maximum absolute atomic E-state index is 11.8. The van der Waals surface area contributed by atoms with Gasteiger partial charge >= 0.3 is 6.03 Å². The van der Waals surface area contributed by atoms with Crippen LogP contribution in [0.15, 0.2) is 24.3 Å². The van der Waals surface area contributed by atoms with E-state index in [1.165, 1.54) is 0 Å². The van der Waals surface area contributed by atoms with Crippen molar-refractivity contribution in [3.63, 3.8) is 0 Å². The number of urea groups is 1. The van der Waals surface area contributed by atoms with Crippen molar-refractivity contribution in [1.82, 2.24) is 5.32 Å². The van der Waals surface area contributed by atoms with E-state index in [2.05, 4.69) is 10.6 Å². The molecule has 0 aromatic heterocycles. The van der Waals surface area contributed by atoms with Crippen LogP contribution in [0, 0.1) is 5.92 Å². The molecule has 5 nitrogen and oxygen atoms in total. The zero-order chi connectivity index (χ0) is 13.5. The normalized spacial score (nSPS) is 12.2. The standard InChI is InChI=1S/C13H21N3O2/c1-9(2)12(8-18-3)16-13(17)15-11-6-4-10(14)5-7-11/h4-7,9,12H,8,14H2,1-3H3,(H2,15,16,17). The molecule has 5 heteroatoms. The molecule has 18 heavy (non-hydrogen) atoms. The van der Waals surface area contributed by atoms with Crippen molar-refractivity contribution in [1.29, 1.82) is 0 Å². The molecular formula is C13H21N3O2. The van der Waals surface area contributed by atoms with Crippen LogP contribution in [-0.4, -0.2) is 25.8 Å². The van der Waals surface area contributed by atoms with Crippen LogP contribution in [0.2, 0.25) is 0 Å². The van der Waals surface area contributed by atoms with Gasteiger partial charge in [0, 0.05) is 18.5 Å². The summed E-state index contributed by atoms with van der Waals surface area (Å²) in [5.41, 5.74) is 6.95. The Labute approximate surface area is 108 Å². The zero-order valence-electron chi connectivity index (χ0n) is 11.1. The second-order valence-electron chi connectivity index (χ2n) is 4.53. The lowest BCUT2D eigenvalue weighted by atomic mass is 10.1. The number of anilines is 2. The third-order valence-corrected chi connectivity index (χ3v) is 2.64. The largest absolute Gasteiger partial charge is 0.399 e. The molecule has 2 amide bonds. The second kappa shape index (κ2) is 6.86. The predicted octanol–water partition coefficient (Wildman–Crippen LogP) is 2.06. The Hall–Kier alpha value is -1.75. The summed E-state index contributed by atoms with van der Waals surface area (Å²) in [6, 6.07) is 6.75. The number of methoxy groups -OCH3 is 1. The topological polar surface area (TPSA) is 76.4 Å². The first-order chi connectivity index (χ1) is 8.52. The minimum atomic E-state index is -0.240. The third-order valence-electron chi connectivity index (χ3n) is 2.64. The van der Waals surface area contributed by atoms with Crippen LogP contribution in [0.5, 0.6) is 0 Å². The highest BCUT2D eigenvalue weighted by Gasteiger charge is 2.15. The Morgan fingerprint density at radius 2 is 1.94 bits per heavy atom. The SMILES string of the molecule is COCC(NC(=O)Nc1ccc(N)cc1)C(C)C. The monoisotopic (exact) mass is 251 g/mol. The van der Waals surface area contributed by atoms with E-state index in [-0.39, 0.29) is 12.1 Å². The van der Waals surface area contributed by atoms with Gasteiger partial charge < -0.3 is 21.1 Å². The smallest absolute Gasteiger partial charge is 0.319 e. The molecule has 1 rings (SSSR count). The Morgan fingerprint density at radius 3 is 2.44 bits per heavy atom. The first-order valence-corrected chi connectivity index (χ1v) is 5.95. The molecule has 0 aliphatic carbocycles. The minimum Gasteiger partial charge on any atom is -0.399 e. The van der Waals surface area contributed by atoms with Gasteiger partial charge in [-0.15, -0.1) is 0 Å². The molecule has 0 bridgehead atoms. The molecule has 0 aliphatic heterocycles. The van der Waals surface area contributed by atoms with Crippen LogP contribution in [0.4, 0.5) is 16.2 Å². The number of carbonyl (C=O) groups is 1. The number of benzene rings is 1. The van der Waals surface area contributed by atoms with Crippen molar-refractivity contribution < 1.29 is 9.53 Å². The zero-order valence-corrected chi connectivity index (χ0v) is 11.1. The molecule has 0 spiro atoms. The molecule has 0 saturated heterocycles. The number of nitrogens with one attached hydrogen (secondary N) is 2. The average Bonchev–Trinajstić information content (AvgIpc) is 2.31. The van der Waals surface area contributed by atoms with Gasteiger partial charge in [0.25, 0.3) is 0 Å². The van der Waals surface area contributed by atoms with Crippen LogP contribution in [0.25, 0.3) is 0 Å². The molecule has 1 aromatic carbocycles. The van der Waals surface area contributed by atoms with Crippen LogP contribution in [-0.2, 0) is 4.74 Å². The summed E-state index contributed by atoms with van der Waals surface area (Å²) in [5, 5.41) is 5.63. The van der Waals surface area contributed by atoms with Gasteiger partial charge in [0.15, 0.2) is 0 Å². The summed E-state index contributed by atoms with van der Waals surface area (Å²) in [4.78, 5) is 11.8. The minimum absolute atomic E-state index is 0.0104. The van der Waals surface area contributed by atoms with Crippen LogP contribution in [0.1, 0.15) is 13.8 Å². The number of hydrogen-bond acceptors (Lipinski definition) is 3. The van der Waals surface area contributed by atoms with Crippen molar-refractivity contribution >= 4 is 17.4 Å². The van der Waals surface area contributed by atoms with Gasteiger partial charge in [-0.25, -0.2) is 4.79 Å². The van der Waals surface area contributed by atoms with E-state index in [1.807, 2.05) is 13.8 Å². The second-order valence-corrected chi connectivity index (χ2v) is 4.53. The fourth-order valence-electron chi connectivity index (χ4n) is 1.48. The highest BCUT2D eigenvalue weighted by molar-refractivity contribution is 5.89. The molecule has 0 saturated carbocycles. The van der Waals surface area contributed by atoms with Crippen molar-refractivity contribution in [2.75, 3.05) is 24.8 Å². The molecule has 0 fully saturated rings. The van der Waals surface area contributed by atoms with Gasteiger partial charge in [0.05, 0.1) is 12.6 Å². The number of nitrogen functional groups attached to an aromatic ring is 1. The number of ether oxygens (including phenoxy) is 1. The molecule has 1 aromatic rings. The van der Waals surface area contributed by atoms with E-state index >= 15 is 0 Å². The maximum atomic E-state index is 11.8. The average molecular weight is 251 g/mol. The summed E-state index contributed by atoms with van der Waals surface area (Å²) in [7, 11) is 1.62. The molecule has 1 atom stereocenters. The van der Waals surface area contributed by atoms with Crippen molar-refractivity contribution in [2.45, 2.75) is 19.9 Å². The molecule has 4 N–H and O–H groups in total. The summed E-state index contributed by atoms with van der Waals surface area (Å²) in [5.74, 6) is 0.308. The van der Waals surface area contributed by atoms with Gasteiger partial charge in [-0.05, 0) is 30.2 Å². The lowest BCUT2D eigenvalue weighted by Crippen LogP contribution is -2.43. The molecule has 0 aliphatic rings. The maximum Gasteiger partial charge on any atom is 0.319 e. The highest BCUT2D eigenvalue weighted by Crippen LogP contribution is 2.10. The molecular weight excluding hydrogens is 230 g/mol. The molecule has 0 radical (unpaired) electrons. The fraction of sp³-hybridized carbons (Fsp3) is 0.462. The van der Waals surface area contributed by atoms with Crippen molar-refractivity contribution in [3.05, 3.63) is 24.3 Å². The lowest BCUT2D eigenvalue weighted by molar-refractivity contribution is 0.150. The fourth-order valence-corrected chi connectivity index (χ4v) is 1.48. The van der Waals surface area contributed by atoms with E-state index in [0.717, 1.165) is 0 Å². The Balaban J connectivity index is 2.52. The molecule has 100 valence electrons. The van der Waals surface area contributed by atoms with Gasteiger partial charge in [-0.2, -0.15) is 0 Å². The first-order valence-electron chi connectivity index (χ1n) is 5.95. The summed E-state index contributed by atoms with van der Waals surface area (Å²) in [6.45, 7) is 4.56. The summed E-state index contributed by atoms with van der Waals surface area (Å²) >= 11 is 0. The molecule has 1 unspecified atom stereocenters. The van der Waals surface area contributed by atoms with Crippen molar-refractivity contribution in [2.24, 2.45) is 5.92 Å². The van der Waals surface area contributed by atoms with Crippen LogP contribution >= 0.6 is 0 Å². The summed E-state index contributed by atoms with van der Waals surface area (Å²) in [6.07, 6.45) is 0. The number of hydrogen-bond donors (Lipinski definition) is 3. The van der Waals surface area contributed by atoms with Crippen LogP contribution in [0.3, 0.4) is 0 Å². The van der Waals surface area contributed by atoms with E-state index in [1.54, 1.807) is 31.4 Å². The number of nitrogens with two attached hydrogens (primary N) is 1. The van der Waals surface area contributed by atoms with Gasteiger partial charge in [0.1, 0.15) is 0 Å². The van der Waals surface area contributed by atoms with Crippen molar-refractivity contribution in [3.8, 4) is 0 Å².